The average molecular weight is 461 g/mol. The van der Waals surface area contributed by atoms with E-state index >= 15 is 0 Å². The quantitative estimate of drug-likeness (QED) is 0.430. The zero-order valence-corrected chi connectivity index (χ0v) is 19.7. The molecule has 7 heteroatoms. The van der Waals surface area contributed by atoms with Crippen LogP contribution >= 0.6 is 0 Å². The van der Waals surface area contributed by atoms with Crippen LogP contribution < -0.4 is 10.7 Å². The van der Waals surface area contributed by atoms with E-state index in [2.05, 4.69) is 15.7 Å². The predicted molar refractivity (Wildman–Crippen MR) is 133 cm³/mol. The molecule has 1 aromatic heterocycles. The van der Waals surface area contributed by atoms with Crippen molar-refractivity contribution >= 4 is 17.6 Å². The van der Waals surface area contributed by atoms with Gasteiger partial charge in [-0.3, -0.25) is 24.8 Å². The Hall–Kier alpha value is -3.84. The number of carbonyl (C=O) groups is 3. The molecule has 1 saturated heterocycles. The fourth-order valence-electron chi connectivity index (χ4n) is 3.00. The minimum absolute atomic E-state index is 0.0752. The molecule has 0 bridgehead atoms. The molecule has 3 aromatic rings. The first-order valence-electron chi connectivity index (χ1n) is 11.4. The molecule has 4 rings (SSSR count). The monoisotopic (exact) mass is 460 g/mol. The molecule has 0 aliphatic carbocycles. The number of rotatable bonds is 6. The van der Waals surface area contributed by atoms with Crippen LogP contribution in [0.1, 0.15) is 53.0 Å². The molecular weight excluding hydrogens is 428 g/mol. The SMILES string of the molecule is CCN(CC)NC(=O)c1cccnc1.O=C(c1ccccc1)c1ccccc1.O=C1CCCN1. The zero-order chi connectivity index (χ0) is 24.6. The lowest BCUT2D eigenvalue weighted by Crippen LogP contribution is -2.41. The van der Waals surface area contributed by atoms with E-state index in [1.165, 1.54) is 0 Å². The van der Waals surface area contributed by atoms with Gasteiger partial charge in [0.15, 0.2) is 5.78 Å². The molecule has 34 heavy (non-hydrogen) atoms. The highest BCUT2D eigenvalue weighted by Gasteiger charge is 2.08. The van der Waals surface area contributed by atoms with Crippen LogP contribution in [0.4, 0.5) is 0 Å². The highest BCUT2D eigenvalue weighted by molar-refractivity contribution is 6.08. The van der Waals surface area contributed by atoms with Gasteiger partial charge in [-0.15, -0.1) is 0 Å². The van der Waals surface area contributed by atoms with Crippen LogP contribution in [0.15, 0.2) is 85.2 Å². The van der Waals surface area contributed by atoms with Crippen LogP contribution in [0.5, 0.6) is 0 Å². The van der Waals surface area contributed by atoms with Gasteiger partial charge in [0.1, 0.15) is 0 Å². The van der Waals surface area contributed by atoms with E-state index in [9.17, 15) is 14.4 Å². The van der Waals surface area contributed by atoms with Gasteiger partial charge in [0.05, 0.1) is 5.56 Å². The molecule has 0 spiro atoms. The number of nitrogens with one attached hydrogen (secondary N) is 2. The lowest BCUT2D eigenvalue weighted by molar-refractivity contribution is -0.119. The van der Waals surface area contributed by atoms with Gasteiger partial charge in [-0.1, -0.05) is 74.5 Å². The van der Waals surface area contributed by atoms with E-state index in [-0.39, 0.29) is 17.6 Å². The number of hydrazine groups is 1. The topological polar surface area (TPSA) is 91.4 Å². The van der Waals surface area contributed by atoms with Gasteiger partial charge in [0.25, 0.3) is 5.91 Å². The second-order valence-corrected chi connectivity index (χ2v) is 7.37. The molecule has 1 aliphatic heterocycles. The van der Waals surface area contributed by atoms with Gasteiger partial charge in [0.2, 0.25) is 5.91 Å². The van der Waals surface area contributed by atoms with E-state index in [1.807, 2.05) is 79.5 Å². The lowest BCUT2D eigenvalue weighted by atomic mass is 10.0. The summed E-state index contributed by atoms with van der Waals surface area (Å²) in [4.78, 5) is 37.4. The predicted octanol–water partition coefficient (Wildman–Crippen LogP) is 3.88. The van der Waals surface area contributed by atoms with Crippen molar-refractivity contribution in [3.05, 3.63) is 102 Å². The summed E-state index contributed by atoms with van der Waals surface area (Å²) in [6, 6.07) is 22.1. The molecule has 1 aliphatic rings. The highest BCUT2D eigenvalue weighted by Crippen LogP contribution is 2.08. The Morgan fingerprint density at radius 1 is 0.882 bits per heavy atom. The summed E-state index contributed by atoms with van der Waals surface area (Å²) < 4.78 is 0. The molecule has 0 unspecified atom stereocenters. The van der Waals surface area contributed by atoms with Crippen molar-refractivity contribution < 1.29 is 14.4 Å². The smallest absolute Gasteiger partial charge is 0.267 e. The summed E-state index contributed by atoms with van der Waals surface area (Å²) in [6.07, 6.45) is 4.96. The van der Waals surface area contributed by atoms with Crippen molar-refractivity contribution in [3.63, 3.8) is 0 Å². The van der Waals surface area contributed by atoms with Gasteiger partial charge in [-0.25, -0.2) is 5.01 Å². The van der Waals surface area contributed by atoms with Crippen molar-refractivity contribution in [3.8, 4) is 0 Å². The third-order valence-corrected chi connectivity index (χ3v) is 4.92. The summed E-state index contributed by atoms with van der Waals surface area (Å²) in [5.41, 5.74) is 4.84. The average Bonchev–Trinajstić information content (AvgIpc) is 3.40. The van der Waals surface area contributed by atoms with Crippen molar-refractivity contribution in [1.29, 1.82) is 0 Å². The first-order chi connectivity index (χ1) is 16.5. The Morgan fingerprint density at radius 2 is 1.44 bits per heavy atom. The Morgan fingerprint density at radius 3 is 1.82 bits per heavy atom. The minimum atomic E-state index is -0.109. The van der Waals surface area contributed by atoms with Crippen LogP contribution in [-0.2, 0) is 4.79 Å². The molecule has 2 heterocycles. The summed E-state index contributed by atoms with van der Waals surface area (Å²) >= 11 is 0. The molecule has 0 atom stereocenters. The van der Waals surface area contributed by atoms with Crippen LogP contribution in [0.2, 0.25) is 0 Å². The zero-order valence-electron chi connectivity index (χ0n) is 19.7. The van der Waals surface area contributed by atoms with Crippen LogP contribution in [0.3, 0.4) is 0 Å². The number of nitrogens with zero attached hydrogens (tertiary/aromatic N) is 2. The Bertz CT molecular complexity index is 958. The Balaban J connectivity index is 0.000000194. The van der Waals surface area contributed by atoms with Crippen molar-refractivity contribution in [2.75, 3.05) is 19.6 Å². The number of aromatic nitrogens is 1. The summed E-state index contributed by atoms with van der Waals surface area (Å²) in [5.74, 6) is 0.169. The third-order valence-electron chi connectivity index (χ3n) is 4.92. The Kier molecular flexibility index (Phi) is 11.7. The van der Waals surface area contributed by atoms with Crippen LogP contribution in [0, 0.1) is 0 Å². The van der Waals surface area contributed by atoms with Gasteiger partial charge in [0, 0.05) is 49.6 Å². The van der Waals surface area contributed by atoms with Crippen LogP contribution in [0.25, 0.3) is 0 Å². The molecule has 1 fully saturated rings. The van der Waals surface area contributed by atoms with E-state index in [0.717, 1.165) is 43.6 Å². The molecule has 178 valence electrons. The maximum absolute atomic E-state index is 11.8. The third kappa shape index (κ3) is 9.34. The van der Waals surface area contributed by atoms with Gasteiger partial charge >= 0.3 is 0 Å². The number of carbonyl (C=O) groups excluding carboxylic acids is 3. The molecule has 2 amide bonds. The maximum atomic E-state index is 11.8. The minimum Gasteiger partial charge on any atom is -0.356 e. The largest absolute Gasteiger partial charge is 0.356 e. The highest BCUT2D eigenvalue weighted by atomic mass is 16.2. The van der Waals surface area contributed by atoms with Crippen molar-refractivity contribution in [1.82, 2.24) is 20.7 Å². The second kappa shape index (κ2) is 15.1. The van der Waals surface area contributed by atoms with Crippen LogP contribution in [-0.4, -0.2) is 47.2 Å². The number of hydrogen-bond acceptors (Lipinski definition) is 5. The summed E-state index contributed by atoms with van der Waals surface area (Å²) in [5, 5.41) is 4.52. The van der Waals surface area contributed by atoms with E-state index in [1.54, 1.807) is 24.5 Å². The Labute approximate surface area is 201 Å². The number of ketones is 1. The molecule has 0 radical (unpaired) electrons. The van der Waals surface area contributed by atoms with Gasteiger partial charge < -0.3 is 5.32 Å². The molecular formula is C27H32N4O3. The fourth-order valence-corrected chi connectivity index (χ4v) is 3.00. The molecule has 2 N–H and O–H groups in total. The molecule has 7 nitrogen and oxygen atoms in total. The summed E-state index contributed by atoms with van der Waals surface area (Å²) in [7, 11) is 0. The second-order valence-electron chi connectivity index (χ2n) is 7.37. The van der Waals surface area contributed by atoms with E-state index < -0.39 is 0 Å². The number of pyridine rings is 1. The lowest BCUT2D eigenvalue weighted by Gasteiger charge is -2.18. The number of hydrogen-bond donors (Lipinski definition) is 2. The van der Waals surface area contributed by atoms with E-state index in [0.29, 0.717) is 5.56 Å². The first-order valence-corrected chi connectivity index (χ1v) is 11.4. The van der Waals surface area contributed by atoms with Crippen molar-refractivity contribution in [2.45, 2.75) is 26.7 Å². The number of benzene rings is 2. The fraction of sp³-hybridized carbons (Fsp3) is 0.259. The molecule has 2 aromatic carbocycles. The maximum Gasteiger partial charge on any atom is 0.267 e. The van der Waals surface area contributed by atoms with Gasteiger partial charge in [-0.05, 0) is 18.6 Å². The standard InChI is InChI=1S/C13H10O.C10H15N3O.C4H7NO/c14-13(11-7-3-1-4-8-11)12-9-5-2-6-10-12;1-3-13(4-2)12-10(14)9-6-5-7-11-8-9;6-4-2-1-3-5-4/h1-10H;5-8H,3-4H2,1-2H3,(H,12,14);1-3H2,(H,5,6). The summed E-state index contributed by atoms with van der Waals surface area (Å²) in [6.45, 7) is 6.46. The number of amides is 2. The normalized spacial score (nSPS) is 11.9. The van der Waals surface area contributed by atoms with Crippen molar-refractivity contribution in [2.24, 2.45) is 0 Å². The molecule has 0 saturated carbocycles. The van der Waals surface area contributed by atoms with E-state index in [4.69, 9.17) is 0 Å². The van der Waals surface area contributed by atoms with Gasteiger partial charge in [-0.2, -0.15) is 0 Å². The first kappa shape index (κ1) is 26.4.